The third kappa shape index (κ3) is 6.47. The summed E-state index contributed by atoms with van der Waals surface area (Å²) in [5.74, 6) is 1.77. The first-order valence-electron chi connectivity index (χ1n) is 12.5. The maximum absolute atomic E-state index is 10.8. The van der Waals surface area contributed by atoms with Gasteiger partial charge in [-0.25, -0.2) is 4.98 Å². The molecule has 2 fully saturated rings. The Kier molecular flexibility index (Phi) is 8.70. The van der Waals surface area contributed by atoms with Gasteiger partial charge in [0.05, 0.1) is 11.6 Å². The highest BCUT2D eigenvalue weighted by atomic mass is 35.5. The van der Waals surface area contributed by atoms with Crippen LogP contribution in [0.2, 0.25) is 10.0 Å². The number of piperidine rings is 1. The molecule has 3 heterocycles. The monoisotopic (exact) mass is 532 g/mol. The van der Waals surface area contributed by atoms with E-state index in [1.54, 1.807) is 19.2 Å². The summed E-state index contributed by atoms with van der Waals surface area (Å²) < 4.78 is 0. The van der Waals surface area contributed by atoms with Crippen LogP contribution < -0.4 is 10.2 Å². The maximum Gasteiger partial charge on any atom is 0.303 e. The van der Waals surface area contributed by atoms with Crippen LogP contribution in [-0.4, -0.2) is 64.4 Å². The molecule has 2 atom stereocenters. The van der Waals surface area contributed by atoms with Gasteiger partial charge in [-0.05, 0) is 75.7 Å². The molecule has 1 aromatic heterocycles. The average molecular weight is 534 g/mol. The van der Waals surface area contributed by atoms with E-state index >= 15 is 0 Å². The number of carbonyl (C=O) groups is 1. The second-order valence-electron chi connectivity index (χ2n) is 9.95. The van der Waals surface area contributed by atoms with E-state index < -0.39 is 5.97 Å². The molecule has 36 heavy (non-hydrogen) atoms. The highest BCUT2D eigenvalue weighted by Gasteiger charge is 2.37. The molecule has 1 aromatic carbocycles. The lowest BCUT2D eigenvalue weighted by molar-refractivity contribution is -0.137. The Morgan fingerprint density at radius 2 is 2.06 bits per heavy atom. The number of aliphatic carboxylic acids is 1. The average Bonchev–Trinajstić information content (AvgIpc) is 2.78. The van der Waals surface area contributed by atoms with Gasteiger partial charge < -0.3 is 25.6 Å². The summed E-state index contributed by atoms with van der Waals surface area (Å²) >= 11 is 12.5. The van der Waals surface area contributed by atoms with Crippen LogP contribution in [0.1, 0.15) is 56.7 Å². The lowest BCUT2D eigenvalue weighted by atomic mass is 9.80. The minimum absolute atomic E-state index is 0.130. The van der Waals surface area contributed by atoms with Gasteiger partial charge in [0.15, 0.2) is 0 Å². The van der Waals surface area contributed by atoms with Crippen LogP contribution in [0.5, 0.6) is 0 Å². The van der Waals surface area contributed by atoms with Crippen molar-refractivity contribution < 1.29 is 9.90 Å². The molecule has 10 heteroatoms. The Balaban J connectivity index is 1.39. The molecule has 0 aliphatic carbocycles. The van der Waals surface area contributed by atoms with Crippen molar-refractivity contribution in [1.82, 2.24) is 14.9 Å². The fraction of sp³-hybridized carbons (Fsp3) is 0.538. The van der Waals surface area contributed by atoms with Crippen molar-refractivity contribution in [1.29, 1.82) is 5.41 Å². The molecule has 1 unspecified atom stereocenters. The summed E-state index contributed by atoms with van der Waals surface area (Å²) in [6, 6.07) is 5.31. The first kappa shape index (κ1) is 26.6. The highest BCUT2D eigenvalue weighted by molar-refractivity contribution is 6.35. The van der Waals surface area contributed by atoms with Gasteiger partial charge in [0.2, 0.25) is 5.95 Å². The Labute approximate surface area is 222 Å². The Morgan fingerprint density at radius 3 is 2.75 bits per heavy atom. The maximum atomic E-state index is 10.8. The Morgan fingerprint density at radius 1 is 1.28 bits per heavy atom. The largest absolute Gasteiger partial charge is 0.481 e. The number of hydrogen-bond acceptors (Lipinski definition) is 7. The smallest absolute Gasteiger partial charge is 0.303 e. The van der Waals surface area contributed by atoms with Gasteiger partial charge in [-0.3, -0.25) is 4.79 Å². The fourth-order valence-electron chi connectivity index (χ4n) is 5.15. The summed E-state index contributed by atoms with van der Waals surface area (Å²) in [5, 5.41) is 21.7. The molecular weight excluding hydrogens is 499 g/mol. The van der Waals surface area contributed by atoms with Gasteiger partial charge in [-0.15, -0.1) is 0 Å². The lowest BCUT2D eigenvalue weighted by Gasteiger charge is -2.46. The van der Waals surface area contributed by atoms with Crippen molar-refractivity contribution in [3.63, 3.8) is 0 Å². The van der Waals surface area contributed by atoms with E-state index in [-0.39, 0.29) is 12.5 Å². The second kappa shape index (κ2) is 11.8. The molecule has 0 radical (unpaired) electrons. The van der Waals surface area contributed by atoms with E-state index in [0.717, 1.165) is 44.7 Å². The Hall–Kier alpha value is -2.42. The van der Waals surface area contributed by atoms with Crippen LogP contribution in [0, 0.1) is 17.2 Å². The van der Waals surface area contributed by atoms with Crippen LogP contribution in [0.3, 0.4) is 0 Å². The lowest BCUT2D eigenvalue weighted by Crippen LogP contribution is -2.54. The first-order valence-corrected chi connectivity index (χ1v) is 13.3. The molecule has 0 spiro atoms. The number of aromatic nitrogens is 2. The van der Waals surface area contributed by atoms with Gasteiger partial charge >= 0.3 is 5.97 Å². The standard InChI is InChI=1S/C26H34Cl2N6O2/c1-16(29)22-12-30-26(32-25(22)31-17(2)21-8-7-20(27)11-23(21)28)34-14-19(15-34)18-5-3-9-33(13-18)10-4-6-24(35)36/h7-8,11-12,17-19,29H,3-6,9-10,13-15H2,1-2H3,(H,35,36)(H,30,31,32)/t17-,18?/m1/s1. The summed E-state index contributed by atoms with van der Waals surface area (Å²) in [6.07, 6.45) is 5.05. The van der Waals surface area contributed by atoms with Crippen molar-refractivity contribution in [2.45, 2.75) is 45.6 Å². The molecular formula is C26H34Cl2N6O2. The third-order valence-electron chi connectivity index (χ3n) is 7.23. The zero-order chi connectivity index (χ0) is 25.8. The number of nitrogens with zero attached hydrogens (tertiary/aromatic N) is 4. The van der Waals surface area contributed by atoms with E-state index in [4.69, 9.17) is 38.7 Å². The quantitative estimate of drug-likeness (QED) is 0.353. The van der Waals surface area contributed by atoms with Gasteiger partial charge in [0, 0.05) is 48.0 Å². The molecule has 2 aliphatic heterocycles. The van der Waals surface area contributed by atoms with E-state index in [2.05, 4.69) is 20.1 Å². The summed E-state index contributed by atoms with van der Waals surface area (Å²) in [5.41, 5.74) is 1.96. The zero-order valence-electron chi connectivity index (χ0n) is 20.8. The van der Waals surface area contributed by atoms with Crippen molar-refractivity contribution in [3.8, 4) is 0 Å². The second-order valence-corrected chi connectivity index (χ2v) is 10.8. The van der Waals surface area contributed by atoms with Crippen LogP contribution in [-0.2, 0) is 4.79 Å². The normalized spacial score (nSPS) is 19.6. The number of likely N-dealkylation sites (tertiary alicyclic amines) is 1. The molecule has 0 amide bonds. The van der Waals surface area contributed by atoms with Crippen molar-refractivity contribution in [2.75, 3.05) is 42.9 Å². The number of benzene rings is 1. The predicted octanol–water partition coefficient (Wildman–Crippen LogP) is 5.36. The molecule has 2 aromatic rings. The van der Waals surface area contributed by atoms with Crippen molar-refractivity contribution in [3.05, 3.63) is 45.6 Å². The SMILES string of the molecule is CC(=N)c1cnc(N2CC(C3CCCN(CCCC(=O)O)C3)C2)nc1N[C@H](C)c1ccc(Cl)cc1Cl. The van der Waals surface area contributed by atoms with E-state index in [1.165, 1.54) is 6.42 Å². The van der Waals surface area contributed by atoms with Crippen LogP contribution in [0.25, 0.3) is 0 Å². The van der Waals surface area contributed by atoms with Gasteiger partial charge in [0.25, 0.3) is 0 Å². The number of hydrogen-bond donors (Lipinski definition) is 3. The summed E-state index contributed by atoms with van der Waals surface area (Å²) in [6.45, 7) is 8.52. The molecule has 2 aliphatic rings. The highest BCUT2D eigenvalue weighted by Crippen LogP contribution is 2.34. The molecule has 4 rings (SSSR count). The third-order valence-corrected chi connectivity index (χ3v) is 7.79. The van der Waals surface area contributed by atoms with Crippen LogP contribution >= 0.6 is 23.2 Å². The van der Waals surface area contributed by atoms with Crippen molar-refractivity contribution in [2.24, 2.45) is 11.8 Å². The van der Waals surface area contributed by atoms with E-state index in [0.29, 0.717) is 51.3 Å². The predicted molar refractivity (Wildman–Crippen MR) is 145 cm³/mol. The number of halogens is 2. The number of nitrogens with one attached hydrogen (secondary N) is 2. The van der Waals surface area contributed by atoms with E-state index in [1.807, 2.05) is 19.1 Å². The summed E-state index contributed by atoms with van der Waals surface area (Å²) in [4.78, 5) is 24.8. The topological polar surface area (TPSA) is 105 Å². The van der Waals surface area contributed by atoms with Crippen LogP contribution in [0.4, 0.5) is 11.8 Å². The molecule has 8 nitrogen and oxygen atoms in total. The van der Waals surface area contributed by atoms with Gasteiger partial charge in [0.1, 0.15) is 5.82 Å². The Bertz CT molecular complexity index is 1110. The molecule has 0 bridgehead atoms. The number of rotatable bonds is 10. The minimum Gasteiger partial charge on any atom is -0.481 e. The number of carboxylic acid groups (broad SMARTS) is 1. The molecule has 194 valence electrons. The fourth-order valence-corrected chi connectivity index (χ4v) is 5.72. The number of anilines is 2. The molecule has 2 saturated heterocycles. The van der Waals surface area contributed by atoms with E-state index in [9.17, 15) is 4.79 Å². The van der Waals surface area contributed by atoms with Gasteiger partial charge in [-0.1, -0.05) is 29.3 Å². The summed E-state index contributed by atoms with van der Waals surface area (Å²) in [7, 11) is 0. The molecule has 0 saturated carbocycles. The zero-order valence-corrected chi connectivity index (χ0v) is 22.3. The molecule has 3 N–H and O–H groups in total. The van der Waals surface area contributed by atoms with Crippen LogP contribution in [0.15, 0.2) is 24.4 Å². The van der Waals surface area contributed by atoms with Gasteiger partial charge in [-0.2, -0.15) is 4.98 Å². The first-order chi connectivity index (χ1) is 17.2. The number of carboxylic acids is 1. The van der Waals surface area contributed by atoms with Crippen molar-refractivity contribution >= 4 is 46.6 Å². The minimum atomic E-state index is -0.720.